The summed E-state index contributed by atoms with van der Waals surface area (Å²) in [4.78, 5) is 26.9. The van der Waals surface area contributed by atoms with Crippen LogP contribution in [0.2, 0.25) is 0 Å². The second kappa shape index (κ2) is 5.83. The Labute approximate surface area is 99.3 Å². The van der Waals surface area contributed by atoms with Crippen LogP contribution in [0.3, 0.4) is 0 Å². The summed E-state index contributed by atoms with van der Waals surface area (Å²) in [6.07, 6.45) is 5.40. The molecular formula is C11H15N3O3. The Bertz CT molecular complexity index is 419. The number of carbonyl (C=O) groups is 2. The number of nitrogens with zero attached hydrogens (tertiary/aromatic N) is 2. The van der Waals surface area contributed by atoms with Crippen molar-refractivity contribution in [3.8, 4) is 0 Å². The number of methoxy groups -OCH3 is 1. The Morgan fingerprint density at radius 3 is 2.65 bits per heavy atom. The minimum Gasteiger partial charge on any atom is -0.453 e. The largest absolute Gasteiger partial charge is 0.453 e. The molecule has 0 aliphatic rings. The molecule has 0 saturated heterocycles. The second-order valence-electron chi connectivity index (χ2n) is 3.67. The highest BCUT2D eigenvalue weighted by atomic mass is 16.5. The van der Waals surface area contributed by atoms with Crippen LogP contribution >= 0.6 is 0 Å². The fraction of sp³-hybridized carbons (Fsp3) is 0.364. The molecule has 0 aliphatic heterocycles. The number of aromatic nitrogens is 2. The molecule has 1 N–H and O–H groups in total. The number of amides is 1. The van der Waals surface area contributed by atoms with Crippen molar-refractivity contribution >= 4 is 12.0 Å². The standard InChI is InChI=1S/C11H15N3O3/c1-8(2)6-9(13-11(16)17-3)10(15)14-5-4-12-7-14/h4-7,9H,1-3H3,(H,13,16)/t9-/m0/s1. The smallest absolute Gasteiger partial charge is 0.407 e. The number of ether oxygens (including phenoxy) is 1. The van der Waals surface area contributed by atoms with E-state index in [9.17, 15) is 9.59 Å². The van der Waals surface area contributed by atoms with Gasteiger partial charge in [0.15, 0.2) is 0 Å². The first-order valence-corrected chi connectivity index (χ1v) is 5.06. The zero-order valence-electron chi connectivity index (χ0n) is 10.0. The van der Waals surface area contributed by atoms with Crippen LogP contribution in [-0.4, -0.2) is 34.7 Å². The molecule has 0 spiro atoms. The van der Waals surface area contributed by atoms with Gasteiger partial charge in [-0.15, -0.1) is 0 Å². The van der Waals surface area contributed by atoms with E-state index >= 15 is 0 Å². The molecule has 0 aromatic carbocycles. The maximum absolute atomic E-state index is 12.0. The summed E-state index contributed by atoms with van der Waals surface area (Å²) in [5, 5.41) is 2.45. The zero-order chi connectivity index (χ0) is 12.8. The van der Waals surface area contributed by atoms with E-state index in [2.05, 4.69) is 15.0 Å². The molecule has 0 fully saturated rings. The lowest BCUT2D eigenvalue weighted by atomic mass is 10.2. The van der Waals surface area contributed by atoms with Gasteiger partial charge in [-0.2, -0.15) is 0 Å². The molecule has 1 atom stereocenters. The molecule has 0 unspecified atom stereocenters. The van der Waals surface area contributed by atoms with Crippen LogP contribution in [0.4, 0.5) is 4.79 Å². The predicted octanol–water partition coefficient (Wildman–Crippen LogP) is 1.21. The summed E-state index contributed by atoms with van der Waals surface area (Å²) >= 11 is 0. The van der Waals surface area contributed by atoms with Gasteiger partial charge in [-0.25, -0.2) is 9.78 Å². The molecule has 6 heteroatoms. The van der Waals surface area contributed by atoms with E-state index in [1.165, 1.54) is 30.4 Å². The van der Waals surface area contributed by atoms with Crippen molar-refractivity contribution in [3.05, 3.63) is 30.4 Å². The van der Waals surface area contributed by atoms with E-state index in [0.717, 1.165) is 5.57 Å². The van der Waals surface area contributed by atoms with Gasteiger partial charge in [0.25, 0.3) is 5.91 Å². The molecule has 17 heavy (non-hydrogen) atoms. The number of alkyl carbamates (subject to hydrolysis) is 1. The quantitative estimate of drug-likeness (QED) is 0.802. The minimum atomic E-state index is -0.762. The van der Waals surface area contributed by atoms with Crippen LogP contribution in [0, 0.1) is 0 Å². The molecule has 0 bridgehead atoms. The van der Waals surface area contributed by atoms with E-state index in [0.29, 0.717) is 0 Å². The van der Waals surface area contributed by atoms with Crippen molar-refractivity contribution in [2.24, 2.45) is 0 Å². The van der Waals surface area contributed by atoms with Crippen molar-refractivity contribution < 1.29 is 14.3 Å². The average molecular weight is 237 g/mol. The van der Waals surface area contributed by atoms with Crippen molar-refractivity contribution in [2.75, 3.05) is 7.11 Å². The first-order valence-electron chi connectivity index (χ1n) is 5.06. The highest BCUT2D eigenvalue weighted by Gasteiger charge is 2.19. The van der Waals surface area contributed by atoms with Crippen LogP contribution in [0.1, 0.15) is 18.6 Å². The number of allylic oxidation sites excluding steroid dienone is 1. The minimum absolute atomic E-state index is 0.297. The molecule has 1 aromatic heterocycles. The van der Waals surface area contributed by atoms with Crippen LogP contribution < -0.4 is 5.32 Å². The summed E-state index contributed by atoms with van der Waals surface area (Å²) in [6.45, 7) is 3.68. The highest BCUT2D eigenvalue weighted by Crippen LogP contribution is 2.00. The monoisotopic (exact) mass is 237 g/mol. The van der Waals surface area contributed by atoms with Crippen LogP contribution in [0.15, 0.2) is 30.4 Å². The van der Waals surface area contributed by atoms with E-state index in [-0.39, 0.29) is 5.91 Å². The van der Waals surface area contributed by atoms with Gasteiger partial charge in [-0.05, 0) is 13.8 Å². The van der Waals surface area contributed by atoms with Crippen LogP contribution in [-0.2, 0) is 4.74 Å². The fourth-order valence-electron chi connectivity index (χ4n) is 1.24. The molecule has 1 amide bonds. The van der Waals surface area contributed by atoms with Crippen LogP contribution in [0.25, 0.3) is 0 Å². The number of imidazole rings is 1. The number of carbonyl (C=O) groups excluding carboxylic acids is 2. The molecule has 1 heterocycles. The number of nitrogens with one attached hydrogen (secondary N) is 1. The lowest BCUT2D eigenvalue weighted by molar-refractivity contribution is 0.0872. The molecule has 92 valence electrons. The van der Waals surface area contributed by atoms with Gasteiger partial charge < -0.3 is 10.1 Å². The number of rotatable bonds is 3. The van der Waals surface area contributed by atoms with Crippen molar-refractivity contribution in [1.82, 2.24) is 14.9 Å². The first kappa shape index (κ1) is 13.0. The van der Waals surface area contributed by atoms with E-state index in [1.807, 2.05) is 13.8 Å². The maximum Gasteiger partial charge on any atom is 0.407 e. The number of hydrogen-bond acceptors (Lipinski definition) is 4. The summed E-state index contributed by atoms with van der Waals surface area (Å²) in [6, 6.07) is -0.762. The third-order valence-corrected chi connectivity index (χ3v) is 1.98. The van der Waals surface area contributed by atoms with Gasteiger partial charge in [0.1, 0.15) is 12.4 Å². The Kier molecular flexibility index (Phi) is 4.45. The van der Waals surface area contributed by atoms with Gasteiger partial charge in [0.2, 0.25) is 0 Å². The van der Waals surface area contributed by atoms with Gasteiger partial charge >= 0.3 is 6.09 Å². The maximum atomic E-state index is 12.0. The summed E-state index contributed by atoms with van der Waals surface area (Å²) in [7, 11) is 1.25. The third kappa shape index (κ3) is 3.75. The van der Waals surface area contributed by atoms with Crippen molar-refractivity contribution in [1.29, 1.82) is 0 Å². The van der Waals surface area contributed by atoms with Gasteiger partial charge in [0, 0.05) is 12.4 Å². The summed E-state index contributed by atoms with van der Waals surface area (Å²) in [5.74, 6) is -0.297. The van der Waals surface area contributed by atoms with E-state index in [1.54, 1.807) is 6.08 Å². The SMILES string of the molecule is COC(=O)N[C@@H](C=C(C)C)C(=O)n1ccnc1. The lowest BCUT2D eigenvalue weighted by Crippen LogP contribution is -2.41. The topological polar surface area (TPSA) is 73.2 Å². The predicted molar refractivity (Wildman–Crippen MR) is 61.6 cm³/mol. The summed E-state index contributed by atoms with van der Waals surface area (Å²) in [5.41, 5.74) is 0.917. The molecule has 0 saturated carbocycles. The van der Waals surface area contributed by atoms with Gasteiger partial charge in [-0.3, -0.25) is 9.36 Å². The molecule has 0 aliphatic carbocycles. The van der Waals surface area contributed by atoms with Crippen molar-refractivity contribution in [3.63, 3.8) is 0 Å². The molecule has 0 radical (unpaired) electrons. The first-order chi connectivity index (χ1) is 8.04. The Morgan fingerprint density at radius 1 is 1.47 bits per heavy atom. The average Bonchev–Trinajstić information content (AvgIpc) is 2.79. The second-order valence-corrected chi connectivity index (χ2v) is 3.67. The third-order valence-electron chi connectivity index (χ3n) is 1.98. The van der Waals surface area contributed by atoms with Crippen molar-refractivity contribution in [2.45, 2.75) is 19.9 Å². The summed E-state index contributed by atoms with van der Waals surface area (Å²) < 4.78 is 5.78. The highest BCUT2D eigenvalue weighted by molar-refractivity contribution is 5.89. The lowest BCUT2D eigenvalue weighted by Gasteiger charge is -2.13. The van der Waals surface area contributed by atoms with E-state index < -0.39 is 12.1 Å². The zero-order valence-corrected chi connectivity index (χ0v) is 10.0. The molecule has 1 aromatic rings. The fourth-order valence-corrected chi connectivity index (χ4v) is 1.24. The number of hydrogen-bond donors (Lipinski definition) is 1. The molecule has 1 rings (SSSR count). The van der Waals surface area contributed by atoms with E-state index in [4.69, 9.17) is 0 Å². The van der Waals surface area contributed by atoms with Gasteiger partial charge in [0.05, 0.1) is 7.11 Å². The molecular weight excluding hydrogens is 222 g/mol. The molecule has 6 nitrogen and oxygen atoms in total. The van der Waals surface area contributed by atoms with Crippen LogP contribution in [0.5, 0.6) is 0 Å². The normalized spacial score (nSPS) is 11.5. The Hall–Kier alpha value is -2.11. The van der Waals surface area contributed by atoms with Gasteiger partial charge in [-0.1, -0.05) is 11.6 Å². The Balaban J connectivity index is 2.87. The Morgan fingerprint density at radius 2 is 2.18 bits per heavy atom.